The SMILES string of the molecule is NC(=O)Nc1ccc2c(c1)=NC(=O)N=2. The maximum absolute atomic E-state index is 10.8. The van der Waals surface area contributed by atoms with E-state index in [0.29, 0.717) is 16.4 Å². The maximum atomic E-state index is 10.8. The molecule has 0 spiro atoms. The van der Waals surface area contributed by atoms with Crippen LogP contribution < -0.4 is 21.8 Å². The lowest BCUT2D eigenvalue weighted by Crippen LogP contribution is -2.24. The molecule has 3 N–H and O–H groups in total. The molecular weight excluding hydrogens is 184 g/mol. The molecule has 0 aliphatic carbocycles. The Hall–Kier alpha value is -2.24. The third-order valence-electron chi connectivity index (χ3n) is 1.68. The van der Waals surface area contributed by atoms with E-state index in [4.69, 9.17) is 5.73 Å². The predicted molar refractivity (Wildman–Crippen MR) is 47.4 cm³/mol. The molecule has 0 atom stereocenters. The minimum absolute atomic E-state index is 0.446. The lowest BCUT2D eigenvalue weighted by atomic mass is 10.3. The summed E-state index contributed by atoms with van der Waals surface area (Å²) in [6, 6.07) is 3.53. The van der Waals surface area contributed by atoms with Gasteiger partial charge in [-0.3, -0.25) is 0 Å². The van der Waals surface area contributed by atoms with Gasteiger partial charge in [0.1, 0.15) is 0 Å². The van der Waals surface area contributed by atoms with Crippen molar-refractivity contribution in [2.75, 3.05) is 5.32 Å². The summed E-state index contributed by atoms with van der Waals surface area (Å²) in [7, 11) is 0. The molecule has 0 bridgehead atoms. The summed E-state index contributed by atoms with van der Waals surface area (Å²) in [5.41, 5.74) is 5.42. The Morgan fingerprint density at radius 2 is 2.00 bits per heavy atom. The molecule has 0 saturated heterocycles. The van der Waals surface area contributed by atoms with Gasteiger partial charge in [0.2, 0.25) is 0 Å². The van der Waals surface area contributed by atoms with Crippen LogP contribution in [0.4, 0.5) is 15.3 Å². The second kappa shape index (κ2) is 2.91. The quantitative estimate of drug-likeness (QED) is 0.627. The summed E-state index contributed by atoms with van der Waals surface area (Å²) in [6.45, 7) is 0. The monoisotopic (exact) mass is 190 g/mol. The van der Waals surface area contributed by atoms with E-state index in [0.717, 1.165) is 0 Å². The lowest BCUT2D eigenvalue weighted by molar-refractivity contribution is 0.256. The number of nitrogens with zero attached hydrogens (tertiary/aromatic N) is 2. The van der Waals surface area contributed by atoms with Crippen molar-refractivity contribution in [3.63, 3.8) is 0 Å². The van der Waals surface area contributed by atoms with E-state index in [-0.39, 0.29) is 0 Å². The van der Waals surface area contributed by atoms with E-state index < -0.39 is 12.1 Å². The highest BCUT2D eigenvalue weighted by Crippen LogP contribution is 2.00. The molecule has 1 aliphatic rings. The van der Waals surface area contributed by atoms with Crippen molar-refractivity contribution in [2.24, 2.45) is 15.7 Å². The average Bonchev–Trinajstić information content (AvgIpc) is 2.42. The van der Waals surface area contributed by atoms with Crippen molar-refractivity contribution in [3.8, 4) is 0 Å². The first-order valence-electron chi connectivity index (χ1n) is 3.83. The molecule has 1 aliphatic heterocycles. The van der Waals surface area contributed by atoms with Crippen molar-refractivity contribution >= 4 is 17.7 Å². The number of nitrogens with one attached hydrogen (secondary N) is 1. The van der Waals surface area contributed by atoms with Gasteiger partial charge in [0.05, 0.1) is 10.7 Å². The minimum atomic E-state index is -0.661. The summed E-state index contributed by atoms with van der Waals surface area (Å²) >= 11 is 0. The van der Waals surface area contributed by atoms with Crippen molar-refractivity contribution < 1.29 is 9.59 Å². The molecule has 6 heteroatoms. The number of carbonyl (C=O) groups is 2. The van der Waals surface area contributed by atoms with Crippen LogP contribution in [0.5, 0.6) is 0 Å². The van der Waals surface area contributed by atoms with E-state index in [9.17, 15) is 9.59 Å². The van der Waals surface area contributed by atoms with E-state index in [2.05, 4.69) is 15.3 Å². The molecule has 4 amide bonds. The summed E-state index contributed by atoms with van der Waals surface area (Å²) in [4.78, 5) is 28.6. The fraction of sp³-hybridized carbons (Fsp3) is 0. The van der Waals surface area contributed by atoms with Crippen LogP contribution in [0.15, 0.2) is 28.2 Å². The molecule has 1 aromatic rings. The van der Waals surface area contributed by atoms with Crippen LogP contribution in [0.3, 0.4) is 0 Å². The zero-order valence-corrected chi connectivity index (χ0v) is 7.02. The predicted octanol–water partition coefficient (Wildman–Crippen LogP) is -0.450. The van der Waals surface area contributed by atoms with Gasteiger partial charge in [-0.25, -0.2) is 9.59 Å². The number of benzene rings is 1. The third-order valence-corrected chi connectivity index (χ3v) is 1.68. The smallest absolute Gasteiger partial charge is 0.351 e. The number of carbonyl (C=O) groups excluding carboxylic acids is 2. The Kier molecular flexibility index (Phi) is 1.74. The first-order valence-corrected chi connectivity index (χ1v) is 3.83. The van der Waals surface area contributed by atoms with Crippen LogP contribution in [0.25, 0.3) is 0 Å². The molecule has 1 heterocycles. The van der Waals surface area contributed by atoms with Gasteiger partial charge in [-0.15, -0.1) is 0 Å². The van der Waals surface area contributed by atoms with Gasteiger partial charge in [-0.1, -0.05) is 0 Å². The Labute approximate surface area is 78.2 Å². The number of anilines is 1. The molecule has 0 fully saturated rings. The normalized spacial score (nSPS) is 12.7. The number of hydrogen-bond acceptors (Lipinski definition) is 2. The molecule has 0 unspecified atom stereocenters. The zero-order chi connectivity index (χ0) is 10.1. The highest BCUT2D eigenvalue weighted by molar-refractivity contribution is 5.87. The van der Waals surface area contributed by atoms with Crippen LogP contribution >= 0.6 is 0 Å². The van der Waals surface area contributed by atoms with Crippen LogP contribution in [-0.2, 0) is 0 Å². The zero-order valence-electron chi connectivity index (χ0n) is 7.02. The molecule has 0 saturated carbocycles. The highest BCUT2D eigenvalue weighted by atomic mass is 16.2. The summed E-state index contributed by atoms with van der Waals surface area (Å²) in [5.74, 6) is 0. The molecule has 0 radical (unpaired) electrons. The second-order valence-electron chi connectivity index (χ2n) is 2.70. The van der Waals surface area contributed by atoms with E-state index in [1.807, 2.05) is 0 Å². The Morgan fingerprint density at radius 3 is 2.71 bits per heavy atom. The molecule has 6 nitrogen and oxygen atoms in total. The maximum Gasteiger partial charge on any atom is 0.368 e. The van der Waals surface area contributed by atoms with Crippen molar-refractivity contribution in [3.05, 3.63) is 28.9 Å². The number of rotatable bonds is 1. The van der Waals surface area contributed by atoms with Crippen molar-refractivity contribution in [1.82, 2.24) is 0 Å². The van der Waals surface area contributed by atoms with Gasteiger partial charge in [0.25, 0.3) is 0 Å². The van der Waals surface area contributed by atoms with Crippen molar-refractivity contribution in [1.29, 1.82) is 0 Å². The van der Waals surface area contributed by atoms with Gasteiger partial charge >= 0.3 is 12.1 Å². The first-order chi connectivity index (χ1) is 6.65. The average molecular weight is 190 g/mol. The minimum Gasteiger partial charge on any atom is -0.351 e. The molecular formula is C8H6N4O2. The van der Waals surface area contributed by atoms with Gasteiger partial charge in [0.15, 0.2) is 0 Å². The van der Waals surface area contributed by atoms with Crippen LogP contribution in [0, 0.1) is 0 Å². The standard InChI is InChI=1S/C8H6N4O2/c9-7(13)10-4-1-2-5-6(3-4)12-8(14)11-5/h1-3H,(H3,9,10,13). The summed E-state index contributed by atoms with van der Waals surface area (Å²) in [6.07, 6.45) is 0. The Balaban J connectivity index is 2.49. The Bertz CT molecular complexity index is 535. The van der Waals surface area contributed by atoms with Crippen LogP contribution in [-0.4, -0.2) is 12.1 Å². The van der Waals surface area contributed by atoms with Gasteiger partial charge in [0, 0.05) is 5.69 Å². The van der Waals surface area contributed by atoms with Gasteiger partial charge < -0.3 is 11.1 Å². The lowest BCUT2D eigenvalue weighted by Gasteiger charge is -1.98. The fourth-order valence-electron chi connectivity index (χ4n) is 1.16. The highest BCUT2D eigenvalue weighted by Gasteiger charge is 2.05. The molecule has 0 aromatic heterocycles. The first kappa shape index (κ1) is 8.36. The van der Waals surface area contributed by atoms with Gasteiger partial charge in [-0.05, 0) is 18.2 Å². The number of hydrogen-bond donors (Lipinski definition) is 2. The fourth-order valence-corrected chi connectivity index (χ4v) is 1.16. The van der Waals surface area contributed by atoms with Crippen LogP contribution in [0.2, 0.25) is 0 Å². The Morgan fingerprint density at radius 1 is 1.29 bits per heavy atom. The van der Waals surface area contributed by atoms with Crippen LogP contribution in [0.1, 0.15) is 0 Å². The topological polar surface area (TPSA) is 96.9 Å². The van der Waals surface area contributed by atoms with E-state index in [1.165, 1.54) is 6.07 Å². The second-order valence-corrected chi connectivity index (χ2v) is 2.70. The number of urea groups is 2. The number of nitrogens with two attached hydrogens (primary N) is 1. The summed E-state index contributed by atoms with van der Waals surface area (Å²) in [5, 5.41) is 3.33. The number of amides is 4. The third kappa shape index (κ3) is 1.45. The molecule has 2 rings (SSSR count). The molecule has 14 heavy (non-hydrogen) atoms. The van der Waals surface area contributed by atoms with E-state index >= 15 is 0 Å². The summed E-state index contributed by atoms with van der Waals surface area (Å²) < 4.78 is 0. The van der Waals surface area contributed by atoms with Gasteiger partial charge in [-0.2, -0.15) is 9.98 Å². The molecule has 1 aromatic carbocycles. The van der Waals surface area contributed by atoms with E-state index in [1.54, 1.807) is 12.1 Å². The largest absolute Gasteiger partial charge is 0.368 e. The molecule has 70 valence electrons. The number of fused-ring (bicyclic) bond motifs is 1. The number of primary amides is 1. The van der Waals surface area contributed by atoms with Crippen molar-refractivity contribution in [2.45, 2.75) is 0 Å².